The van der Waals surface area contributed by atoms with Crippen molar-refractivity contribution in [1.29, 1.82) is 0 Å². The second-order valence-electron chi connectivity index (χ2n) is 4.75. The molecule has 99 valence electrons. The van der Waals surface area contributed by atoms with Crippen molar-refractivity contribution in [1.82, 2.24) is 0 Å². The summed E-state index contributed by atoms with van der Waals surface area (Å²) in [5.41, 5.74) is 1.25. The van der Waals surface area contributed by atoms with Crippen LogP contribution in [0.3, 0.4) is 0 Å². The Balaban J connectivity index is 2.06. The minimum atomic E-state index is -0.794. The van der Waals surface area contributed by atoms with Crippen LogP contribution in [0.2, 0.25) is 0 Å². The quantitative estimate of drug-likeness (QED) is 0.783. The predicted octanol–water partition coefficient (Wildman–Crippen LogP) is 1.74. The molecule has 0 aliphatic carbocycles. The van der Waals surface area contributed by atoms with E-state index < -0.39 is 4.25 Å². The Morgan fingerprint density at radius 3 is 2.40 bits per heavy atom. The second-order valence-corrected chi connectivity index (χ2v) is 6.54. The summed E-state index contributed by atoms with van der Waals surface area (Å²) >= 11 is 1.82. The zero-order valence-electron chi connectivity index (χ0n) is 10.5. The van der Waals surface area contributed by atoms with Gasteiger partial charge in [0.05, 0.1) is 0 Å². The van der Waals surface area contributed by atoms with Gasteiger partial charge in [-0.2, -0.15) is 0 Å². The van der Waals surface area contributed by atoms with E-state index in [0.717, 1.165) is 5.56 Å². The van der Waals surface area contributed by atoms with Crippen LogP contribution in [0.25, 0.3) is 0 Å². The standard InChI is InChI=1S/C15H11GeO4/c16-15(9-1-3-10(17)4-2-9)8-20-13-7-11(18)5-6-12(13)14(15)19/h1-7,17-18H,8H2. The Morgan fingerprint density at radius 1 is 1.05 bits per heavy atom. The molecular formula is C15H11GeO4. The SMILES string of the molecule is O=C1c2ccc(O)cc2OC[C]1([Ge])c1ccc(O)cc1. The van der Waals surface area contributed by atoms with E-state index in [1.807, 2.05) is 16.5 Å². The molecule has 5 heteroatoms. The number of ether oxygens (including phenoxy) is 1. The molecule has 0 amide bonds. The summed E-state index contributed by atoms with van der Waals surface area (Å²) in [6.07, 6.45) is 0. The molecule has 3 rings (SSSR count). The van der Waals surface area contributed by atoms with Crippen LogP contribution in [-0.2, 0) is 4.25 Å². The number of carbonyl (C=O) groups is 1. The van der Waals surface area contributed by atoms with Crippen molar-refractivity contribution < 1.29 is 19.7 Å². The summed E-state index contributed by atoms with van der Waals surface area (Å²) < 4.78 is 4.84. The Hall–Kier alpha value is -1.95. The van der Waals surface area contributed by atoms with Crippen LogP contribution >= 0.6 is 0 Å². The number of fused-ring (bicyclic) bond motifs is 1. The topological polar surface area (TPSA) is 66.8 Å². The van der Waals surface area contributed by atoms with Crippen LogP contribution in [0.5, 0.6) is 17.2 Å². The van der Waals surface area contributed by atoms with Gasteiger partial charge in [0.25, 0.3) is 0 Å². The number of aromatic hydroxyl groups is 2. The molecule has 0 bridgehead atoms. The zero-order chi connectivity index (χ0) is 14.3. The Morgan fingerprint density at radius 2 is 1.70 bits per heavy atom. The van der Waals surface area contributed by atoms with Gasteiger partial charge in [-0.3, -0.25) is 0 Å². The molecule has 20 heavy (non-hydrogen) atoms. The van der Waals surface area contributed by atoms with E-state index in [2.05, 4.69) is 0 Å². The van der Waals surface area contributed by atoms with Gasteiger partial charge in [-0.1, -0.05) is 0 Å². The third kappa shape index (κ3) is 1.96. The average molecular weight is 328 g/mol. The molecular weight excluding hydrogens is 317 g/mol. The van der Waals surface area contributed by atoms with Gasteiger partial charge in [-0.05, 0) is 0 Å². The van der Waals surface area contributed by atoms with E-state index in [4.69, 9.17) is 4.74 Å². The van der Waals surface area contributed by atoms with Crippen molar-refractivity contribution in [2.24, 2.45) is 0 Å². The number of carbonyl (C=O) groups excluding carboxylic acids is 1. The molecule has 4 nitrogen and oxygen atoms in total. The molecule has 0 saturated carbocycles. The summed E-state index contributed by atoms with van der Waals surface area (Å²) in [5.74, 6) is 0.590. The van der Waals surface area contributed by atoms with E-state index >= 15 is 0 Å². The third-order valence-electron chi connectivity index (χ3n) is 3.40. The fourth-order valence-electron chi connectivity index (χ4n) is 2.26. The van der Waals surface area contributed by atoms with Gasteiger partial charge in [0.1, 0.15) is 0 Å². The summed E-state index contributed by atoms with van der Waals surface area (Å²) in [6.45, 7) is 0.201. The average Bonchev–Trinajstić information content (AvgIpc) is 2.44. The molecule has 2 aromatic carbocycles. The molecule has 0 aromatic heterocycles. The van der Waals surface area contributed by atoms with E-state index in [9.17, 15) is 15.0 Å². The van der Waals surface area contributed by atoms with Crippen LogP contribution in [0, 0.1) is 0 Å². The zero-order valence-corrected chi connectivity index (χ0v) is 12.6. The molecule has 0 spiro atoms. The van der Waals surface area contributed by atoms with Gasteiger partial charge in [0, 0.05) is 0 Å². The van der Waals surface area contributed by atoms with Crippen LogP contribution < -0.4 is 4.74 Å². The predicted molar refractivity (Wildman–Crippen MR) is 73.5 cm³/mol. The molecule has 1 aliphatic rings. The number of Topliss-reactive ketones (excluding diaryl/α,β-unsaturated/α-hetero) is 1. The monoisotopic (exact) mass is 329 g/mol. The molecule has 2 N–H and O–H groups in total. The molecule has 1 aliphatic heterocycles. The van der Waals surface area contributed by atoms with E-state index in [-0.39, 0.29) is 23.9 Å². The number of hydrogen-bond acceptors (Lipinski definition) is 4. The van der Waals surface area contributed by atoms with E-state index in [1.54, 1.807) is 30.3 Å². The summed E-state index contributed by atoms with van der Waals surface area (Å²) in [4.78, 5) is 12.7. The van der Waals surface area contributed by atoms with Crippen LogP contribution in [0.4, 0.5) is 0 Å². The maximum absolute atomic E-state index is 12.7. The normalized spacial score (nSPS) is 21.1. The minimum absolute atomic E-state index is 0.0514. The number of benzene rings is 2. The molecule has 3 radical (unpaired) electrons. The van der Waals surface area contributed by atoms with Crippen LogP contribution in [0.15, 0.2) is 42.5 Å². The van der Waals surface area contributed by atoms with Gasteiger partial charge >= 0.3 is 124 Å². The van der Waals surface area contributed by atoms with Gasteiger partial charge in [0.2, 0.25) is 0 Å². The van der Waals surface area contributed by atoms with Gasteiger partial charge < -0.3 is 0 Å². The number of hydrogen-bond donors (Lipinski definition) is 2. The fraction of sp³-hybridized carbons (Fsp3) is 0.133. The van der Waals surface area contributed by atoms with Gasteiger partial charge in [0.15, 0.2) is 0 Å². The molecule has 1 atom stereocenters. The van der Waals surface area contributed by atoms with Crippen molar-refractivity contribution in [2.75, 3.05) is 6.61 Å². The van der Waals surface area contributed by atoms with Gasteiger partial charge in [-0.15, -0.1) is 0 Å². The Labute approximate surface area is 124 Å². The van der Waals surface area contributed by atoms with Crippen molar-refractivity contribution in [3.8, 4) is 17.2 Å². The third-order valence-corrected chi connectivity index (χ3v) is 4.79. The summed E-state index contributed by atoms with van der Waals surface area (Å²) in [5, 5.41) is 18.8. The Kier molecular flexibility index (Phi) is 2.97. The number of phenolic OH excluding ortho intramolecular Hbond substituents is 2. The van der Waals surface area contributed by atoms with Crippen LogP contribution in [-0.4, -0.2) is 39.1 Å². The first-order chi connectivity index (χ1) is 9.50. The molecule has 1 heterocycles. The number of ketones is 1. The first kappa shape index (κ1) is 13.1. The number of rotatable bonds is 1. The first-order valence-corrected chi connectivity index (χ1v) is 7.11. The summed E-state index contributed by atoms with van der Waals surface area (Å²) in [6, 6.07) is 11.1. The van der Waals surface area contributed by atoms with Crippen LogP contribution in [0.1, 0.15) is 15.9 Å². The second kappa shape index (κ2) is 4.56. The van der Waals surface area contributed by atoms with Crippen molar-refractivity contribution in [2.45, 2.75) is 4.25 Å². The fourth-order valence-corrected chi connectivity index (χ4v) is 3.04. The number of phenols is 2. The van der Waals surface area contributed by atoms with Crippen molar-refractivity contribution >= 4 is 22.3 Å². The summed E-state index contributed by atoms with van der Waals surface area (Å²) in [7, 11) is 0. The van der Waals surface area contributed by atoms with Crippen molar-refractivity contribution in [3.05, 3.63) is 53.6 Å². The molecule has 2 aromatic rings. The van der Waals surface area contributed by atoms with E-state index in [0.29, 0.717) is 11.3 Å². The van der Waals surface area contributed by atoms with Gasteiger partial charge in [-0.25, -0.2) is 0 Å². The van der Waals surface area contributed by atoms with E-state index in [1.165, 1.54) is 12.1 Å². The van der Waals surface area contributed by atoms with Crippen molar-refractivity contribution in [3.63, 3.8) is 0 Å². The first-order valence-electron chi connectivity index (χ1n) is 6.06. The molecule has 1 unspecified atom stereocenters. The molecule has 0 saturated heterocycles. The maximum atomic E-state index is 12.7. The molecule has 0 fully saturated rings. The Bertz CT molecular complexity index is 681.